The second-order valence-electron chi connectivity index (χ2n) is 6.50. The Hall–Kier alpha value is -1.39. The minimum atomic E-state index is 0.551. The number of rotatable bonds is 2. The summed E-state index contributed by atoms with van der Waals surface area (Å²) in [5.41, 5.74) is 4.21. The van der Waals surface area contributed by atoms with Crippen molar-refractivity contribution in [2.24, 2.45) is 5.41 Å². The lowest BCUT2D eigenvalue weighted by molar-refractivity contribution is 0.266. The minimum Gasteiger partial charge on any atom is -0.316 e. The molecule has 2 aliphatic heterocycles. The number of fused-ring (bicyclic) bond motifs is 1. The van der Waals surface area contributed by atoms with Crippen LogP contribution in [0.1, 0.15) is 24.2 Å². The first-order chi connectivity index (χ1) is 9.76. The van der Waals surface area contributed by atoms with E-state index in [0.29, 0.717) is 5.41 Å². The van der Waals surface area contributed by atoms with Crippen molar-refractivity contribution < 1.29 is 0 Å². The third-order valence-corrected chi connectivity index (χ3v) is 5.03. The predicted molar refractivity (Wildman–Crippen MR) is 79.7 cm³/mol. The maximum Gasteiger partial charge on any atom is 0.137 e. The highest BCUT2D eigenvalue weighted by atomic mass is 15.2. The van der Waals surface area contributed by atoms with Gasteiger partial charge in [-0.05, 0) is 50.4 Å². The van der Waals surface area contributed by atoms with E-state index in [2.05, 4.69) is 44.7 Å². The second kappa shape index (κ2) is 4.57. The Balaban J connectivity index is 1.57. The van der Waals surface area contributed by atoms with Crippen molar-refractivity contribution in [3.63, 3.8) is 0 Å². The molecule has 2 saturated heterocycles. The molecule has 2 aliphatic rings. The Morgan fingerprint density at radius 1 is 1.35 bits per heavy atom. The van der Waals surface area contributed by atoms with Crippen LogP contribution in [-0.4, -0.2) is 40.5 Å². The molecule has 0 radical (unpaired) electrons. The lowest BCUT2D eigenvalue weighted by Crippen LogP contribution is -2.29. The summed E-state index contributed by atoms with van der Waals surface area (Å²) in [5.74, 6) is 0. The molecule has 2 aromatic heterocycles. The van der Waals surface area contributed by atoms with Gasteiger partial charge in [-0.15, -0.1) is 0 Å². The Morgan fingerprint density at radius 3 is 3.15 bits per heavy atom. The van der Waals surface area contributed by atoms with Crippen molar-refractivity contribution in [3.8, 4) is 0 Å². The smallest absolute Gasteiger partial charge is 0.137 e. The summed E-state index contributed by atoms with van der Waals surface area (Å²) in [4.78, 5) is 7.13. The number of pyridine rings is 1. The molecule has 0 aromatic carbocycles. The van der Waals surface area contributed by atoms with Crippen molar-refractivity contribution in [2.75, 3.05) is 26.2 Å². The Labute approximate surface area is 119 Å². The van der Waals surface area contributed by atoms with Crippen molar-refractivity contribution in [2.45, 2.75) is 26.3 Å². The fourth-order valence-corrected chi connectivity index (χ4v) is 3.92. The molecule has 1 atom stereocenters. The maximum atomic E-state index is 4.53. The van der Waals surface area contributed by atoms with Crippen LogP contribution < -0.4 is 5.32 Å². The number of nitrogens with zero attached hydrogens (tertiary/aromatic N) is 3. The van der Waals surface area contributed by atoms with Gasteiger partial charge in [-0.1, -0.05) is 6.07 Å². The number of aromatic nitrogens is 2. The van der Waals surface area contributed by atoms with Crippen LogP contribution in [-0.2, 0) is 6.54 Å². The Bertz CT molecular complexity index is 624. The van der Waals surface area contributed by atoms with Gasteiger partial charge in [0.2, 0.25) is 0 Å². The van der Waals surface area contributed by atoms with Gasteiger partial charge < -0.3 is 9.72 Å². The molecule has 106 valence electrons. The van der Waals surface area contributed by atoms with Crippen molar-refractivity contribution in [3.05, 3.63) is 35.8 Å². The Kier molecular flexibility index (Phi) is 2.82. The number of nitrogens with one attached hydrogen (secondary N) is 1. The quantitative estimate of drug-likeness (QED) is 0.903. The summed E-state index contributed by atoms with van der Waals surface area (Å²) in [6.07, 6.45) is 4.73. The first-order valence-corrected chi connectivity index (χ1v) is 7.61. The molecule has 2 fully saturated rings. The van der Waals surface area contributed by atoms with Gasteiger partial charge >= 0.3 is 0 Å². The molecule has 1 spiro atoms. The SMILES string of the molecule is Cc1cccc2ncc(CN3CCC4(CCNC4)C3)n12. The lowest BCUT2D eigenvalue weighted by Gasteiger charge is -2.22. The van der Waals surface area contributed by atoms with Gasteiger partial charge in [-0.25, -0.2) is 4.98 Å². The van der Waals surface area contributed by atoms with E-state index in [-0.39, 0.29) is 0 Å². The standard InChI is InChI=1S/C16H22N4/c1-13-3-2-4-15-18-9-14(20(13)15)10-19-8-6-16(12-19)5-7-17-11-16/h2-4,9,17H,5-8,10-12H2,1H3. The van der Waals surface area contributed by atoms with Crippen LogP contribution in [0.2, 0.25) is 0 Å². The van der Waals surface area contributed by atoms with Crippen LogP contribution in [0, 0.1) is 12.3 Å². The lowest BCUT2D eigenvalue weighted by atomic mass is 9.87. The average molecular weight is 270 g/mol. The number of imidazole rings is 1. The topological polar surface area (TPSA) is 32.6 Å². The molecule has 4 rings (SSSR count). The molecule has 4 heteroatoms. The molecule has 0 bridgehead atoms. The van der Waals surface area contributed by atoms with Gasteiger partial charge in [0.05, 0.1) is 11.9 Å². The number of likely N-dealkylation sites (tertiary alicyclic amines) is 1. The van der Waals surface area contributed by atoms with Crippen molar-refractivity contribution >= 4 is 5.65 Å². The van der Waals surface area contributed by atoms with E-state index in [1.54, 1.807) is 0 Å². The van der Waals surface area contributed by atoms with Crippen LogP contribution in [0.3, 0.4) is 0 Å². The summed E-state index contributed by atoms with van der Waals surface area (Å²) in [6, 6.07) is 6.32. The summed E-state index contributed by atoms with van der Waals surface area (Å²) in [7, 11) is 0. The monoisotopic (exact) mass is 270 g/mol. The highest BCUT2D eigenvalue weighted by molar-refractivity contribution is 5.42. The highest BCUT2D eigenvalue weighted by Crippen LogP contribution is 2.36. The molecule has 0 amide bonds. The zero-order valence-electron chi connectivity index (χ0n) is 12.1. The first kappa shape index (κ1) is 12.4. The molecule has 4 nitrogen and oxygen atoms in total. The highest BCUT2D eigenvalue weighted by Gasteiger charge is 2.40. The van der Waals surface area contributed by atoms with Crippen LogP contribution in [0.4, 0.5) is 0 Å². The predicted octanol–water partition coefficient (Wildman–Crippen LogP) is 1.83. The zero-order valence-corrected chi connectivity index (χ0v) is 12.1. The van der Waals surface area contributed by atoms with Gasteiger partial charge in [0.1, 0.15) is 5.65 Å². The van der Waals surface area contributed by atoms with Crippen LogP contribution >= 0.6 is 0 Å². The molecule has 1 N–H and O–H groups in total. The summed E-state index contributed by atoms with van der Waals surface area (Å²) in [5, 5.41) is 3.53. The van der Waals surface area contributed by atoms with Gasteiger partial charge in [0.15, 0.2) is 0 Å². The normalized spacial score (nSPS) is 27.1. The van der Waals surface area contributed by atoms with Crippen LogP contribution in [0.25, 0.3) is 5.65 Å². The summed E-state index contributed by atoms with van der Waals surface area (Å²) in [6.45, 7) is 8.04. The van der Waals surface area contributed by atoms with Crippen LogP contribution in [0.5, 0.6) is 0 Å². The van der Waals surface area contributed by atoms with E-state index in [9.17, 15) is 0 Å². The largest absolute Gasteiger partial charge is 0.316 e. The molecule has 1 unspecified atom stereocenters. The van der Waals surface area contributed by atoms with E-state index in [1.165, 1.54) is 50.4 Å². The molecular weight excluding hydrogens is 248 g/mol. The minimum absolute atomic E-state index is 0.551. The molecule has 2 aromatic rings. The first-order valence-electron chi connectivity index (χ1n) is 7.61. The molecule has 4 heterocycles. The second-order valence-corrected chi connectivity index (χ2v) is 6.50. The third-order valence-electron chi connectivity index (χ3n) is 5.03. The van der Waals surface area contributed by atoms with E-state index >= 15 is 0 Å². The van der Waals surface area contributed by atoms with Gasteiger partial charge in [-0.2, -0.15) is 0 Å². The van der Waals surface area contributed by atoms with E-state index in [0.717, 1.165) is 12.2 Å². The van der Waals surface area contributed by atoms with Crippen LogP contribution in [0.15, 0.2) is 24.4 Å². The van der Waals surface area contributed by atoms with E-state index in [1.807, 2.05) is 6.20 Å². The van der Waals surface area contributed by atoms with Gasteiger partial charge in [0, 0.05) is 25.3 Å². The Morgan fingerprint density at radius 2 is 2.30 bits per heavy atom. The molecule has 0 saturated carbocycles. The number of hydrogen-bond acceptors (Lipinski definition) is 3. The maximum absolute atomic E-state index is 4.53. The summed E-state index contributed by atoms with van der Waals surface area (Å²) < 4.78 is 2.29. The molecular formula is C16H22N4. The summed E-state index contributed by atoms with van der Waals surface area (Å²) >= 11 is 0. The average Bonchev–Trinajstić information content (AvgIpc) is 3.14. The molecule has 20 heavy (non-hydrogen) atoms. The third kappa shape index (κ3) is 1.95. The van der Waals surface area contributed by atoms with E-state index < -0.39 is 0 Å². The fraction of sp³-hybridized carbons (Fsp3) is 0.562. The molecule has 0 aliphatic carbocycles. The number of hydrogen-bond donors (Lipinski definition) is 1. The van der Waals surface area contributed by atoms with Crippen molar-refractivity contribution in [1.29, 1.82) is 0 Å². The van der Waals surface area contributed by atoms with Crippen molar-refractivity contribution in [1.82, 2.24) is 19.6 Å². The zero-order chi connectivity index (χ0) is 13.6. The van der Waals surface area contributed by atoms with E-state index in [4.69, 9.17) is 0 Å². The van der Waals surface area contributed by atoms with Gasteiger partial charge in [0.25, 0.3) is 0 Å². The fourth-order valence-electron chi connectivity index (χ4n) is 3.92. The number of aryl methyl sites for hydroxylation is 1. The van der Waals surface area contributed by atoms with Gasteiger partial charge in [-0.3, -0.25) is 4.90 Å².